The summed E-state index contributed by atoms with van der Waals surface area (Å²) < 4.78 is 10.6. The summed E-state index contributed by atoms with van der Waals surface area (Å²) in [4.78, 5) is 26.9. The molecular weight excluding hydrogens is 406 g/mol. The first-order valence-electron chi connectivity index (χ1n) is 11.6. The fraction of sp³-hybridized carbons (Fsp3) is 0.625. The summed E-state index contributed by atoms with van der Waals surface area (Å²) >= 11 is 0. The van der Waals surface area contributed by atoms with E-state index in [2.05, 4.69) is 42.1 Å². The lowest BCUT2D eigenvalue weighted by Gasteiger charge is -2.37. The van der Waals surface area contributed by atoms with Crippen LogP contribution < -0.4 is 10.1 Å². The number of allylic oxidation sites excluding steroid dienone is 1. The number of carbonyl (C=O) groups excluding carboxylic acids is 1. The molecule has 0 spiro atoms. The first-order chi connectivity index (χ1) is 15.4. The van der Waals surface area contributed by atoms with E-state index >= 15 is 0 Å². The van der Waals surface area contributed by atoms with E-state index in [0.717, 1.165) is 24.2 Å². The highest BCUT2D eigenvalue weighted by atomic mass is 16.5. The van der Waals surface area contributed by atoms with Crippen molar-refractivity contribution in [2.24, 2.45) is 23.7 Å². The fourth-order valence-corrected chi connectivity index (χ4v) is 4.96. The third-order valence-corrected chi connectivity index (χ3v) is 6.89. The highest BCUT2D eigenvalue weighted by Gasteiger charge is 2.32. The molecule has 3 heterocycles. The monoisotopic (exact) mass is 441 g/mol. The first kappa shape index (κ1) is 22.6. The van der Waals surface area contributed by atoms with Crippen LogP contribution in [0.1, 0.15) is 33.0 Å². The zero-order chi connectivity index (χ0) is 22.7. The van der Waals surface area contributed by atoms with Crippen LogP contribution in [0.5, 0.6) is 5.88 Å². The molecule has 2 aromatic rings. The minimum absolute atomic E-state index is 0.0224. The van der Waals surface area contributed by atoms with Gasteiger partial charge in [-0.3, -0.25) is 0 Å². The van der Waals surface area contributed by atoms with Crippen LogP contribution in [-0.4, -0.2) is 65.8 Å². The summed E-state index contributed by atoms with van der Waals surface area (Å²) in [6.45, 7) is 10.0. The van der Waals surface area contributed by atoms with Gasteiger partial charge in [0.05, 0.1) is 25.8 Å². The molecular formula is C24H35N5O3. The Bertz CT molecular complexity index is 964. The number of nitrogens with one attached hydrogen (secondary N) is 2. The average Bonchev–Trinajstić information content (AvgIpc) is 3.20. The maximum Gasteiger partial charge on any atom is 0.317 e. The molecule has 4 rings (SSSR count). The number of aromatic amines is 1. The van der Waals surface area contributed by atoms with E-state index in [9.17, 15) is 4.79 Å². The molecule has 2 N–H and O–H groups in total. The van der Waals surface area contributed by atoms with Crippen molar-refractivity contribution in [2.75, 3.05) is 40.0 Å². The van der Waals surface area contributed by atoms with E-state index in [0.29, 0.717) is 68.0 Å². The second-order valence-electron chi connectivity index (χ2n) is 9.31. The number of hydrogen-bond acceptors (Lipinski definition) is 5. The minimum Gasteiger partial charge on any atom is -0.481 e. The fourth-order valence-electron chi connectivity index (χ4n) is 4.96. The second-order valence-corrected chi connectivity index (χ2v) is 9.31. The van der Waals surface area contributed by atoms with Crippen LogP contribution in [-0.2, 0) is 11.2 Å². The summed E-state index contributed by atoms with van der Waals surface area (Å²) in [5, 5.41) is 3.17. The number of rotatable bonds is 6. The van der Waals surface area contributed by atoms with Crippen LogP contribution >= 0.6 is 0 Å². The molecule has 8 heteroatoms. The van der Waals surface area contributed by atoms with E-state index in [1.165, 1.54) is 5.57 Å². The van der Waals surface area contributed by atoms with E-state index in [1.54, 1.807) is 7.11 Å². The van der Waals surface area contributed by atoms with Gasteiger partial charge in [0.15, 0.2) is 5.65 Å². The van der Waals surface area contributed by atoms with Gasteiger partial charge >= 0.3 is 6.03 Å². The van der Waals surface area contributed by atoms with Crippen molar-refractivity contribution in [3.63, 3.8) is 0 Å². The maximum absolute atomic E-state index is 12.5. The van der Waals surface area contributed by atoms with Crippen LogP contribution in [0.4, 0.5) is 4.79 Å². The highest BCUT2D eigenvalue weighted by Crippen LogP contribution is 2.38. The first-order valence-corrected chi connectivity index (χ1v) is 11.6. The molecule has 0 saturated carbocycles. The Balaban J connectivity index is 1.43. The Morgan fingerprint density at radius 3 is 2.81 bits per heavy atom. The van der Waals surface area contributed by atoms with Gasteiger partial charge < -0.3 is 24.7 Å². The molecule has 2 aromatic heterocycles. The molecule has 0 bridgehead atoms. The number of hydrogen-bond donors (Lipinski definition) is 2. The zero-order valence-electron chi connectivity index (χ0n) is 19.6. The van der Waals surface area contributed by atoms with Crippen molar-refractivity contribution >= 4 is 17.2 Å². The van der Waals surface area contributed by atoms with E-state index < -0.39 is 0 Å². The average molecular weight is 442 g/mol. The summed E-state index contributed by atoms with van der Waals surface area (Å²) in [5.41, 5.74) is 3.00. The molecule has 1 aliphatic carbocycles. The van der Waals surface area contributed by atoms with E-state index in [4.69, 9.17) is 14.5 Å². The number of imidazole rings is 1. The maximum atomic E-state index is 12.5. The molecule has 8 nitrogen and oxygen atoms in total. The predicted octanol–water partition coefficient (Wildman–Crippen LogP) is 3.41. The molecule has 0 aromatic carbocycles. The number of urea groups is 1. The quantitative estimate of drug-likeness (QED) is 0.670. The molecule has 1 saturated heterocycles. The minimum atomic E-state index is 0.0224. The number of carbonyl (C=O) groups is 1. The largest absolute Gasteiger partial charge is 0.481 e. The second kappa shape index (κ2) is 9.90. The van der Waals surface area contributed by atoms with Gasteiger partial charge in [0.1, 0.15) is 5.82 Å². The van der Waals surface area contributed by atoms with Crippen LogP contribution in [0.15, 0.2) is 23.8 Å². The van der Waals surface area contributed by atoms with Crippen molar-refractivity contribution in [3.8, 4) is 5.88 Å². The van der Waals surface area contributed by atoms with Crippen molar-refractivity contribution in [3.05, 3.63) is 29.6 Å². The van der Waals surface area contributed by atoms with Gasteiger partial charge in [0, 0.05) is 32.1 Å². The van der Waals surface area contributed by atoms with Gasteiger partial charge in [-0.1, -0.05) is 25.5 Å². The normalized spacial score (nSPS) is 24.0. The third-order valence-electron chi connectivity index (χ3n) is 6.89. The van der Waals surface area contributed by atoms with Crippen LogP contribution in [0.2, 0.25) is 0 Å². The number of H-pyrrole nitrogens is 1. The molecule has 3 atom stereocenters. The highest BCUT2D eigenvalue weighted by molar-refractivity contribution is 5.74. The van der Waals surface area contributed by atoms with Crippen LogP contribution in [0.25, 0.3) is 11.2 Å². The summed E-state index contributed by atoms with van der Waals surface area (Å²) in [6.07, 6.45) is 4.32. The Hall–Kier alpha value is -2.61. The van der Waals surface area contributed by atoms with Crippen molar-refractivity contribution in [1.82, 2.24) is 25.2 Å². The number of methoxy groups -OCH3 is 1. The standard InChI is InChI=1S/C24H35N5O3/c1-15(2)19-12-17(13-21-26-20-5-6-22(31-4)28-23(20)27-21)16(3)11-18(19)14-25-24(30)29-7-9-32-10-8-29/h5-6,11,15,17-19H,7-10,12-14H2,1-4H3,(H,25,30)(H,26,27,28). The molecule has 0 radical (unpaired) electrons. The van der Waals surface area contributed by atoms with E-state index in [1.807, 2.05) is 17.0 Å². The van der Waals surface area contributed by atoms with Gasteiger partial charge in [-0.05, 0) is 43.1 Å². The molecule has 174 valence electrons. The summed E-state index contributed by atoms with van der Waals surface area (Å²) in [7, 11) is 1.61. The topological polar surface area (TPSA) is 92.4 Å². The Labute approximate surface area is 189 Å². The summed E-state index contributed by atoms with van der Waals surface area (Å²) in [6, 6.07) is 3.83. The van der Waals surface area contributed by atoms with Gasteiger partial charge in [-0.2, -0.15) is 4.98 Å². The number of fused-ring (bicyclic) bond motifs is 1. The van der Waals surface area contributed by atoms with Gasteiger partial charge in [-0.15, -0.1) is 0 Å². The van der Waals surface area contributed by atoms with Crippen molar-refractivity contribution < 1.29 is 14.3 Å². The smallest absolute Gasteiger partial charge is 0.317 e. The van der Waals surface area contributed by atoms with Gasteiger partial charge in [0.2, 0.25) is 5.88 Å². The van der Waals surface area contributed by atoms with Crippen LogP contribution in [0.3, 0.4) is 0 Å². The number of amides is 2. The van der Waals surface area contributed by atoms with Gasteiger partial charge in [0.25, 0.3) is 0 Å². The molecule has 32 heavy (non-hydrogen) atoms. The number of morpholine rings is 1. The number of ether oxygens (including phenoxy) is 2. The molecule has 2 amide bonds. The SMILES string of the molecule is COc1ccc2[nH]c(CC3CC(C(C)C)C(CNC(=O)N4CCOCC4)C=C3C)nc2n1. The number of nitrogens with zero attached hydrogens (tertiary/aromatic N) is 3. The molecule has 1 aliphatic heterocycles. The third kappa shape index (κ3) is 5.06. The molecule has 2 aliphatic rings. The molecule has 3 unspecified atom stereocenters. The lowest BCUT2D eigenvalue weighted by molar-refractivity contribution is 0.0527. The summed E-state index contributed by atoms with van der Waals surface area (Å²) in [5.74, 6) is 3.35. The Morgan fingerprint density at radius 1 is 1.31 bits per heavy atom. The lowest BCUT2D eigenvalue weighted by atomic mass is 9.70. The zero-order valence-corrected chi connectivity index (χ0v) is 19.6. The number of aromatic nitrogens is 3. The van der Waals surface area contributed by atoms with Crippen molar-refractivity contribution in [1.29, 1.82) is 0 Å². The predicted molar refractivity (Wildman–Crippen MR) is 124 cm³/mol. The molecule has 1 fully saturated rings. The van der Waals surface area contributed by atoms with Crippen LogP contribution in [0, 0.1) is 23.7 Å². The van der Waals surface area contributed by atoms with Crippen molar-refractivity contribution in [2.45, 2.75) is 33.6 Å². The Kier molecular flexibility index (Phi) is 6.98. The lowest BCUT2D eigenvalue weighted by Crippen LogP contribution is -2.48. The van der Waals surface area contributed by atoms with E-state index in [-0.39, 0.29) is 6.03 Å². The number of pyridine rings is 1. The Morgan fingerprint density at radius 2 is 2.09 bits per heavy atom. The van der Waals surface area contributed by atoms with Gasteiger partial charge in [-0.25, -0.2) is 9.78 Å².